The van der Waals surface area contributed by atoms with Crippen LogP contribution in [0.3, 0.4) is 0 Å². The molecule has 0 unspecified atom stereocenters. The third kappa shape index (κ3) is 4.93. The molecule has 4 aromatic rings. The Hall–Kier alpha value is -4.06. The van der Waals surface area contributed by atoms with Gasteiger partial charge in [-0.2, -0.15) is 0 Å². The number of ether oxygens (including phenoxy) is 1. The Labute approximate surface area is 180 Å². The molecule has 1 heterocycles. The molecule has 6 nitrogen and oxygen atoms in total. The fourth-order valence-corrected chi connectivity index (χ4v) is 3.43. The molecule has 3 N–H and O–H groups in total. The number of benzene rings is 3. The minimum absolute atomic E-state index is 0.311. The van der Waals surface area contributed by atoms with E-state index in [0.29, 0.717) is 17.9 Å². The number of H-pyrrole nitrogens is 1. The van der Waals surface area contributed by atoms with E-state index >= 15 is 0 Å². The van der Waals surface area contributed by atoms with Gasteiger partial charge < -0.3 is 20.4 Å². The highest BCUT2D eigenvalue weighted by Gasteiger charge is 2.24. The minimum Gasteiger partial charge on any atom is -0.410 e. The van der Waals surface area contributed by atoms with E-state index in [1.807, 2.05) is 67.7 Å². The maximum Gasteiger partial charge on any atom is 0.413 e. The highest BCUT2D eigenvalue weighted by atomic mass is 16.6. The van der Waals surface area contributed by atoms with Crippen LogP contribution < -0.4 is 15.4 Å². The number of nitrogens with one attached hydrogen (secondary N) is 3. The summed E-state index contributed by atoms with van der Waals surface area (Å²) >= 11 is 0. The van der Waals surface area contributed by atoms with Crippen LogP contribution in [0.15, 0.2) is 85.1 Å². The number of aryl methyl sites for hydroxylation is 1. The van der Waals surface area contributed by atoms with E-state index in [9.17, 15) is 9.59 Å². The quantitative estimate of drug-likeness (QED) is 0.424. The van der Waals surface area contributed by atoms with Crippen LogP contribution in [-0.2, 0) is 11.2 Å². The zero-order valence-corrected chi connectivity index (χ0v) is 17.1. The van der Waals surface area contributed by atoms with E-state index in [-0.39, 0.29) is 5.91 Å². The van der Waals surface area contributed by atoms with Crippen LogP contribution in [0.4, 0.5) is 10.5 Å². The predicted octanol–water partition coefficient (Wildman–Crippen LogP) is 4.81. The Morgan fingerprint density at radius 3 is 2.45 bits per heavy atom. The number of hydrogen-bond donors (Lipinski definition) is 3. The van der Waals surface area contributed by atoms with Gasteiger partial charge in [-0.15, -0.1) is 0 Å². The third-order valence-electron chi connectivity index (χ3n) is 5.06. The Morgan fingerprint density at radius 2 is 1.65 bits per heavy atom. The summed E-state index contributed by atoms with van der Waals surface area (Å²) in [5, 5.41) is 6.65. The Balaban J connectivity index is 1.55. The molecule has 0 aliphatic carbocycles. The minimum atomic E-state index is -0.824. The zero-order chi connectivity index (χ0) is 21.6. The van der Waals surface area contributed by atoms with Gasteiger partial charge in [0.05, 0.1) is 0 Å². The lowest BCUT2D eigenvalue weighted by Crippen LogP contribution is -2.46. The molecule has 2 amide bonds. The summed E-state index contributed by atoms with van der Waals surface area (Å²) in [5.74, 6) is 0.0924. The summed E-state index contributed by atoms with van der Waals surface area (Å²) in [5.41, 5.74) is 3.55. The van der Waals surface area contributed by atoms with Crippen molar-refractivity contribution in [2.24, 2.45) is 0 Å². The first-order valence-electron chi connectivity index (χ1n) is 10.0. The standard InChI is InChI=1S/C25H23N3O3/c1-17-9-5-7-13-21(17)27-24(29)23(28-25(30)31-19-10-3-2-4-11-19)15-18-16-26-22-14-8-6-12-20(18)22/h2-14,16,23,26H,15H2,1H3,(H,27,29)(H,28,30)/t23-/m0/s1. The van der Waals surface area contributed by atoms with Gasteiger partial charge in [0.15, 0.2) is 0 Å². The monoisotopic (exact) mass is 413 g/mol. The number of hydrogen-bond acceptors (Lipinski definition) is 3. The molecule has 0 aliphatic heterocycles. The van der Waals surface area contributed by atoms with E-state index in [1.54, 1.807) is 24.3 Å². The van der Waals surface area contributed by atoms with Crippen molar-refractivity contribution in [3.05, 3.63) is 96.2 Å². The molecule has 0 spiro atoms. The van der Waals surface area contributed by atoms with E-state index < -0.39 is 12.1 Å². The lowest BCUT2D eigenvalue weighted by molar-refractivity contribution is -0.118. The fraction of sp³-hybridized carbons (Fsp3) is 0.120. The van der Waals surface area contributed by atoms with Crippen LogP contribution in [0.1, 0.15) is 11.1 Å². The van der Waals surface area contributed by atoms with Gasteiger partial charge >= 0.3 is 6.09 Å². The summed E-state index contributed by atoms with van der Waals surface area (Å²) < 4.78 is 5.34. The smallest absolute Gasteiger partial charge is 0.410 e. The summed E-state index contributed by atoms with van der Waals surface area (Å²) in [6.07, 6.45) is 1.49. The lowest BCUT2D eigenvalue weighted by Gasteiger charge is -2.19. The molecule has 31 heavy (non-hydrogen) atoms. The first-order valence-corrected chi connectivity index (χ1v) is 10.0. The molecule has 0 saturated carbocycles. The number of carbonyl (C=O) groups excluding carboxylic acids is 2. The molecule has 0 aliphatic rings. The zero-order valence-electron chi connectivity index (χ0n) is 17.1. The largest absolute Gasteiger partial charge is 0.413 e. The average molecular weight is 413 g/mol. The van der Waals surface area contributed by atoms with Crippen LogP contribution in [0.25, 0.3) is 10.9 Å². The SMILES string of the molecule is Cc1ccccc1NC(=O)[C@H](Cc1c[nH]c2ccccc12)NC(=O)Oc1ccccc1. The van der Waals surface area contributed by atoms with Crippen LogP contribution in [-0.4, -0.2) is 23.0 Å². The fourth-order valence-electron chi connectivity index (χ4n) is 3.43. The van der Waals surface area contributed by atoms with Gasteiger partial charge in [-0.05, 0) is 42.3 Å². The van der Waals surface area contributed by atoms with Crippen LogP contribution in [0.2, 0.25) is 0 Å². The second-order valence-electron chi connectivity index (χ2n) is 7.27. The van der Waals surface area contributed by atoms with Crippen molar-refractivity contribution in [2.75, 3.05) is 5.32 Å². The number of amides is 2. The normalized spacial score (nSPS) is 11.6. The molecule has 0 radical (unpaired) electrons. The van der Waals surface area contributed by atoms with Gasteiger partial charge in [-0.1, -0.05) is 54.6 Å². The molecule has 4 rings (SSSR count). The number of para-hydroxylation sites is 3. The van der Waals surface area contributed by atoms with E-state index in [1.165, 1.54) is 0 Å². The maximum atomic E-state index is 13.1. The molecule has 6 heteroatoms. The number of aromatic nitrogens is 1. The van der Waals surface area contributed by atoms with Crippen LogP contribution in [0, 0.1) is 6.92 Å². The van der Waals surface area contributed by atoms with Crippen molar-refractivity contribution in [1.29, 1.82) is 0 Å². The predicted molar refractivity (Wildman–Crippen MR) is 121 cm³/mol. The Morgan fingerprint density at radius 1 is 0.935 bits per heavy atom. The molecule has 0 bridgehead atoms. The number of fused-ring (bicyclic) bond motifs is 1. The second-order valence-corrected chi connectivity index (χ2v) is 7.27. The number of anilines is 1. The first-order chi connectivity index (χ1) is 15.1. The molecule has 156 valence electrons. The van der Waals surface area contributed by atoms with Gasteiger partial charge in [0, 0.05) is 29.2 Å². The van der Waals surface area contributed by atoms with Crippen molar-refractivity contribution in [3.8, 4) is 5.75 Å². The molecule has 1 atom stereocenters. The van der Waals surface area contributed by atoms with Crippen molar-refractivity contribution in [2.45, 2.75) is 19.4 Å². The van der Waals surface area contributed by atoms with Gasteiger partial charge in [-0.3, -0.25) is 4.79 Å². The first kappa shape index (κ1) is 20.2. The van der Waals surface area contributed by atoms with Gasteiger partial charge in [0.2, 0.25) is 5.91 Å². The van der Waals surface area contributed by atoms with E-state index in [4.69, 9.17) is 4.74 Å². The summed E-state index contributed by atoms with van der Waals surface area (Å²) in [6, 6.07) is 23.3. The van der Waals surface area contributed by atoms with Crippen molar-refractivity contribution in [3.63, 3.8) is 0 Å². The maximum absolute atomic E-state index is 13.1. The molecular weight excluding hydrogens is 390 g/mol. The van der Waals surface area contributed by atoms with Gasteiger partial charge in [-0.25, -0.2) is 4.79 Å². The van der Waals surface area contributed by atoms with E-state index in [2.05, 4.69) is 15.6 Å². The van der Waals surface area contributed by atoms with Crippen molar-refractivity contribution >= 4 is 28.6 Å². The average Bonchev–Trinajstić information content (AvgIpc) is 3.18. The third-order valence-corrected chi connectivity index (χ3v) is 5.06. The second kappa shape index (κ2) is 9.17. The van der Waals surface area contributed by atoms with E-state index in [0.717, 1.165) is 22.0 Å². The Bertz CT molecular complexity index is 1200. The van der Waals surface area contributed by atoms with Crippen molar-refractivity contribution < 1.29 is 14.3 Å². The van der Waals surface area contributed by atoms with Gasteiger partial charge in [0.1, 0.15) is 11.8 Å². The summed E-state index contributed by atoms with van der Waals surface area (Å²) in [4.78, 5) is 28.8. The molecular formula is C25H23N3O3. The molecule has 3 aromatic carbocycles. The van der Waals surface area contributed by atoms with Crippen LogP contribution in [0.5, 0.6) is 5.75 Å². The number of carbonyl (C=O) groups is 2. The lowest BCUT2D eigenvalue weighted by atomic mass is 10.0. The number of rotatable bonds is 6. The number of aromatic amines is 1. The van der Waals surface area contributed by atoms with Crippen LogP contribution >= 0.6 is 0 Å². The summed E-state index contributed by atoms with van der Waals surface area (Å²) in [6.45, 7) is 1.92. The Kier molecular flexibility index (Phi) is 5.98. The van der Waals surface area contributed by atoms with Crippen molar-refractivity contribution in [1.82, 2.24) is 10.3 Å². The topological polar surface area (TPSA) is 83.2 Å². The summed E-state index contributed by atoms with van der Waals surface area (Å²) in [7, 11) is 0. The molecule has 0 saturated heterocycles. The highest BCUT2D eigenvalue weighted by molar-refractivity contribution is 5.98. The molecule has 1 aromatic heterocycles. The highest BCUT2D eigenvalue weighted by Crippen LogP contribution is 2.20. The van der Waals surface area contributed by atoms with Gasteiger partial charge in [0.25, 0.3) is 0 Å². The molecule has 0 fully saturated rings.